The maximum absolute atomic E-state index is 15.5. The van der Waals surface area contributed by atoms with Crippen LogP contribution in [0.25, 0.3) is 11.3 Å². The normalized spacial score (nSPS) is 22.7. The smallest absolute Gasteiger partial charge is 0.329 e. The van der Waals surface area contributed by atoms with Crippen molar-refractivity contribution in [1.29, 1.82) is 0 Å². The lowest BCUT2D eigenvalue weighted by Crippen LogP contribution is -2.59. The number of nitrogens with one attached hydrogen (secondary N) is 1. The second kappa shape index (κ2) is 7.17. The van der Waals surface area contributed by atoms with Gasteiger partial charge in [-0.15, -0.1) is 11.3 Å². The SMILES string of the molecule is COC1=c2c(c(=O)[nH]c(=O)n2C2CC2)=C(C(F)F)C(F)C1c1csc(C(C)N)c1. The molecular formula is C19H20F3N3O3S. The average molecular weight is 427 g/mol. The number of halogens is 3. The van der Waals surface area contributed by atoms with E-state index in [1.165, 1.54) is 23.0 Å². The molecule has 1 fully saturated rings. The van der Waals surface area contributed by atoms with Crippen LogP contribution in [0.4, 0.5) is 13.2 Å². The first-order valence-electron chi connectivity index (χ1n) is 9.19. The summed E-state index contributed by atoms with van der Waals surface area (Å²) in [7, 11) is 1.29. The van der Waals surface area contributed by atoms with Crippen LogP contribution in [0, 0.1) is 0 Å². The summed E-state index contributed by atoms with van der Waals surface area (Å²) in [6, 6.07) is 1.11. The molecule has 2 aromatic heterocycles. The molecule has 4 rings (SSSR count). The number of fused-ring (bicyclic) bond motifs is 1. The highest BCUT2D eigenvalue weighted by molar-refractivity contribution is 7.10. The number of rotatable bonds is 5. The van der Waals surface area contributed by atoms with Gasteiger partial charge in [0.2, 0.25) is 0 Å². The highest BCUT2D eigenvalue weighted by atomic mass is 32.1. The van der Waals surface area contributed by atoms with Crippen molar-refractivity contribution in [3.05, 3.63) is 53.3 Å². The van der Waals surface area contributed by atoms with E-state index in [-0.39, 0.29) is 23.2 Å². The number of thiophene rings is 1. The lowest BCUT2D eigenvalue weighted by Gasteiger charge is -2.28. The number of nitrogens with zero attached hydrogens (tertiary/aromatic N) is 1. The van der Waals surface area contributed by atoms with Gasteiger partial charge in [0.05, 0.1) is 23.6 Å². The van der Waals surface area contributed by atoms with Crippen molar-refractivity contribution in [1.82, 2.24) is 9.55 Å². The van der Waals surface area contributed by atoms with Gasteiger partial charge in [0.15, 0.2) is 0 Å². The van der Waals surface area contributed by atoms with Gasteiger partial charge in [-0.3, -0.25) is 14.3 Å². The van der Waals surface area contributed by atoms with E-state index < -0.39 is 40.6 Å². The number of nitrogens with two attached hydrogens (primary N) is 1. The first-order valence-corrected chi connectivity index (χ1v) is 10.1. The van der Waals surface area contributed by atoms with Crippen molar-refractivity contribution >= 4 is 22.7 Å². The number of hydrogen-bond acceptors (Lipinski definition) is 5. The molecule has 0 aromatic carbocycles. The fraction of sp³-hybridized carbons (Fsp3) is 0.474. The zero-order valence-corrected chi connectivity index (χ0v) is 16.6. The van der Waals surface area contributed by atoms with Crippen LogP contribution in [0.1, 0.15) is 48.2 Å². The van der Waals surface area contributed by atoms with Gasteiger partial charge >= 0.3 is 5.69 Å². The molecule has 10 heteroatoms. The Morgan fingerprint density at radius 2 is 2.03 bits per heavy atom. The molecule has 156 valence electrons. The number of aromatic amines is 1. The Hall–Kier alpha value is -2.33. The number of ether oxygens (including phenoxy) is 1. The molecule has 3 N–H and O–H groups in total. The first kappa shape index (κ1) is 20.0. The number of hydrogen-bond donors (Lipinski definition) is 2. The van der Waals surface area contributed by atoms with E-state index in [1.807, 2.05) is 0 Å². The summed E-state index contributed by atoms with van der Waals surface area (Å²) in [6.45, 7) is 1.76. The Labute approximate surface area is 167 Å². The molecule has 6 nitrogen and oxygen atoms in total. The fourth-order valence-corrected chi connectivity index (χ4v) is 4.79. The van der Waals surface area contributed by atoms with Crippen LogP contribution in [-0.2, 0) is 4.74 Å². The molecule has 3 atom stereocenters. The molecule has 3 unspecified atom stereocenters. The molecule has 0 bridgehead atoms. The van der Waals surface area contributed by atoms with Crippen molar-refractivity contribution in [2.45, 2.75) is 50.4 Å². The van der Waals surface area contributed by atoms with Crippen molar-refractivity contribution in [3.8, 4) is 0 Å². The zero-order chi connectivity index (χ0) is 21.0. The minimum atomic E-state index is -3.21. The van der Waals surface area contributed by atoms with E-state index >= 15 is 4.39 Å². The van der Waals surface area contributed by atoms with Crippen molar-refractivity contribution in [3.63, 3.8) is 0 Å². The molecule has 0 saturated heterocycles. The van der Waals surface area contributed by atoms with Gasteiger partial charge in [0.25, 0.3) is 12.0 Å². The van der Waals surface area contributed by atoms with Crippen molar-refractivity contribution in [2.75, 3.05) is 7.11 Å². The summed E-state index contributed by atoms with van der Waals surface area (Å²) in [5.41, 5.74) is 3.64. The number of methoxy groups -OCH3 is 1. The van der Waals surface area contributed by atoms with Gasteiger partial charge in [0.1, 0.15) is 11.9 Å². The Kier molecular flexibility index (Phi) is 4.94. The van der Waals surface area contributed by atoms with Gasteiger partial charge in [-0.05, 0) is 36.8 Å². The molecule has 1 saturated carbocycles. The Morgan fingerprint density at radius 3 is 2.55 bits per heavy atom. The molecule has 0 aliphatic heterocycles. The van der Waals surface area contributed by atoms with Crippen LogP contribution in [0.15, 0.2) is 21.0 Å². The largest absolute Gasteiger partial charge is 0.498 e. The van der Waals surface area contributed by atoms with E-state index in [0.717, 1.165) is 4.88 Å². The van der Waals surface area contributed by atoms with E-state index in [1.54, 1.807) is 18.4 Å². The summed E-state index contributed by atoms with van der Waals surface area (Å²) in [6.07, 6.45) is -4.06. The van der Waals surface area contributed by atoms with Crippen molar-refractivity contribution in [2.24, 2.45) is 5.73 Å². The third-order valence-electron chi connectivity index (χ3n) is 5.35. The molecule has 2 aliphatic rings. The molecule has 2 aliphatic carbocycles. The molecule has 2 aromatic rings. The minimum absolute atomic E-state index is 0.000949. The summed E-state index contributed by atoms with van der Waals surface area (Å²) in [5, 5.41) is 1.09. The third-order valence-corrected chi connectivity index (χ3v) is 6.51. The monoisotopic (exact) mass is 427 g/mol. The quantitative estimate of drug-likeness (QED) is 0.752. The van der Waals surface area contributed by atoms with Crippen molar-refractivity contribution < 1.29 is 17.9 Å². The van der Waals surface area contributed by atoms with Gasteiger partial charge in [-0.1, -0.05) is 0 Å². The van der Waals surface area contributed by atoms with Gasteiger partial charge in [0, 0.05) is 22.5 Å². The van der Waals surface area contributed by atoms with Crippen LogP contribution >= 0.6 is 11.3 Å². The van der Waals surface area contributed by atoms with Crippen LogP contribution < -0.4 is 27.6 Å². The van der Waals surface area contributed by atoms with Gasteiger partial charge < -0.3 is 10.5 Å². The van der Waals surface area contributed by atoms with Crippen LogP contribution in [0.3, 0.4) is 0 Å². The lowest BCUT2D eigenvalue weighted by atomic mass is 9.85. The zero-order valence-electron chi connectivity index (χ0n) is 15.7. The van der Waals surface area contributed by atoms with E-state index in [2.05, 4.69) is 4.98 Å². The van der Waals surface area contributed by atoms with Gasteiger partial charge in [-0.2, -0.15) is 0 Å². The molecule has 2 heterocycles. The maximum atomic E-state index is 15.5. The van der Waals surface area contributed by atoms with Gasteiger partial charge in [-0.25, -0.2) is 18.0 Å². The molecular weight excluding hydrogens is 407 g/mol. The highest BCUT2D eigenvalue weighted by Crippen LogP contribution is 2.40. The topological polar surface area (TPSA) is 90.1 Å². The summed E-state index contributed by atoms with van der Waals surface area (Å²) in [5.74, 6) is -1.20. The first-order chi connectivity index (χ1) is 13.8. The molecule has 0 spiro atoms. The highest BCUT2D eigenvalue weighted by Gasteiger charge is 2.42. The van der Waals surface area contributed by atoms with E-state index in [9.17, 15) is 18.4 Å². The molecule has 29 heavy (non-hydrogen) atoms. The second-order valence-electron chi connectivity index (χ2n) is 7.36. The second-order valence-corrected chi connectivity index (χ2v) is 8.30. The van der Waals surface area contributed by atoms with Crippen LogP contribution in [0.5, 0.6) is 0 Å². The fourth-order valence-electron chi connectivity index (χ4n) is 3.88. The third kappa shape index (κ3) is 3.14. The van der Waals surface area contributed by atoms with E-state index in [4.69, 9.17) is 10.5 Å². The number of H-pyrrole nitrogens is 1. The number of alkyl halides is 3. The summed E-state index contributed by atoms with van der Waals surface area (Å²) in [4.78, 5) is 27.8. The summed E-state index contributed by atoms with van der Waals surface area (Å²) >= 11 is 1.29. The lowest BCUT2D eigenvalue weighted by molar-refractivity contribution is 0.185. The average Bonchev–Trinajstić information content (AvgIpc) is 3.35. The Bertz CT molecular complexity index is 1190. The van der Waals surface area contributed by atoms with Crippen LogP contribution in [-0.4, -0.2) is 29.3 Å². The predicted octanol–water partition coefficient (Wildman–Crippen LogP) is 1.26. The van der Waals surface area contributed by atoms with Crippen LogP contribution in [0.2, 0.25) is 0 Å². The maximum Gasteiger partial charge on any atom is 0.329 e. The standard InChI is InChI=1S/C19H20F3N3O3S/c1-7(23)10-5-8(6-29-10)11-14(20)12(17(21)22)13-15(16(11)28-2)25(9-3-4-9)19(27)24-18(13)26/h5-7,9,11,14,17H,3-4,23H2,1-2H3,(H,24,26,27). The summed E-state index contributed by atoms with van der Waals surface area (Å²) < 4.78 is 50.1. The van der Waals surface area contributed by atoms with E-state index in [0.29, 0.717) is 18.4 Å². The predicted molar refractivity (Wildman–Crippen MR) is 103 cm³/mol. The molecule has 0 radical (unpaired) electrons. The Balaban J connectivity index is 2.14. The minimum Gasteiger partial charge on any atom is -0.498 e. The number of aromatic nitrogens is 2. The molecule has 0 amide bonds. The Morgan fingerprint density at radius 1 is 1.34 bits per heavy atom.